The van der Waals surface area contributed by atoms with E-state index in [1.165, 1.54) is 0 Å². The van der Waals surface area contributed by atoms with Gasteiger partial charge in [-0.3, -0.25) is 0 Å². The zero-order valence-corrected chi connectivity index (χ0v) is 13.1. The maximum atomic E-state index is 12.5. The lowest BCUT2D eigenvalue weighted by Crippen LogP contribution is -2.33. The number of nitrogens with one attached hydrogen (secondary N) is 2. The van der Waals surface area contributed by atoms with Crippen molar-refractivity contribution in [1.82, 2.24) is 10.0 Å². The molecule has 0 aliphatic heterocycles. The second-order valence-corrected chi connectivity index (χ2v) is 7.17. The maximum Gasteiger partial charge on any atom is 0.241 e. The number of rotatable bonds is 6. The van der Waals surface area contributed by atoms with Gasteiger partial charge in [-0.25, -0.2) is 13.1 Å². The first kappa shape index (κ1) is 15.5. The lowest BCUT2D eigenvalue weighted by molar-refractivity contribution is 0.551. The SMILES string of the molecule is CCNCc1ccc(C)c(S(=O)(=O)NC2CCCC2)c1. The van der Waals surface area contributed by atoms with Crippen molar-refractivity contribution in [2.24, 2.45) is 0 Å². The Labute approximate surface area is 122 Å². The van der Waals surface area contributed by atoms with Crippen LogP contribution >= 0.6 is 0 Å². The number of aryl methyl sites for hydroxylation is 1. The molecule has 0 radical (unpaired) electrons. The molecule has 0 spiro atoms. The summed E-state index contributed by atoms with van der Waals surface area (Å²) in [6, 6.07) is 5.76. The lowest BCUT2D eigenvalue weighted by atomic mass is 10.1. The molecule has 0 unspecified atom stereocenters. The number of hydrogen-bond donors (Lipinski definition) is 2. The predicted molar refractivity (Wildman–Crippen MR) is 81.1 cm³/mol. The fraction of sp³-hybridized carbons (Fsp3) is 0.600. The molecule has 0 heterocycles. The van der Waals surface area contributed by atoms with Crippen LogP contribution in [0.15, 0.2) is 23.1 Å². The molecule has 20 heavy (non-hydrogen) atoms. The molecule has 1 aromatic rings. The lowest BCUT2D eigenvalue weighted by Gasteiger charge is -2.15. The second kappa shape index (κ2) is 6.70. The largest absolute Gasteiger partial charge is 0.313 e. The van der Waals surface area contributed by atoms with Gasteiger partial charge in [-0.15, -0.1) is 0 Å². The van der Waals surface area contributed by atoms with Crippen LogP contribution in [0.2, 0.25) is 0 Å². The Kier molecular flexibility index (Phi) is 5.18. The molecule has 0 saturated heterocycles. The van der Waals surface area contributed by atoms with Crippen molar-refractivity contribution < 1.29 is 8.42 Å². The quantitative estimate of drug-likeness (QED) is 0.847. The highest BCUT2D eigenvalue weighted by atomic mass is 32.2. The van der Waals surface area contributed by atoms with Gasteiger partial charge in [0.2, 0.25) is 10.0 Å². The van der Waals surface area contributed by atoms with Crippen molar-refractivity contribution in [2.75, 3.05) is 6.54 Å². The summed E-state index contributed by atoms with van der Waals surface area (Å²) in [7, 11) is -3.40. The highest BCUT2D eigenvalue weighted by Gasteiger charge is 2.24. The van der Waals surface area contributed by atoms with Gasteiger partial charge in [0.25, 0.3) is 0 Å². The third-order valence-corrected chi connectivity index (χ3v) is 5.46. The molecule has 0 aromatic heterocycles. The van der Waals surface area contributed by atoms with Gasteiger partial charge in [0, 0.05) is 12.6 Å². The maximum absolute atomic E-state index is 12.5. The van der Waals surface area contributed by atoms with Crippen LogP contribution in [0.4, 0.5) is 0 Å². The van der Waals surface area contributed by atoms with Gasteiger partial charge in [0.1, 0.15) is 0 Å². The van der Waals surface area contributed by atoms with E-state index in [1.54, 1.807) is 6.07 Å². The molecule has 2 N–H and O–H groups in total. The van der Waals surface area contributed by atoms with Crippen LogP contribution in [0.3, 0.4) is 0 Å². The molecule has 2 rings (SSSR count). The summed E-state index contributed by atoms with van der Waals surface area (Å²) in [6.45, 7) is 5.45. The van der Waals surface area contributed by atoms with Crippen LogP contribution in [-0.4, -0.2) is 21.0 Å². The minimum absolute atomic E-state index is 0.108. The van der Waals surface area contributed by atoms with Crippen molar-refractivity contribution in [3.05, 3.63) is 29.3 Å². The average Bonchev–Trinajstić information content (AvgIpc) is 2.89. The van der Waals surface area contributed by atoms with Crippen LogP contribution in [0, 0.1) is 6.92 Å². The van der Waals surface area contributed by atoms with Crippen LogP contribution in [-0.2, 0) is 16.6 Å². The topological polar surface area (TPSA) is 58.2 Å². The Bertz CT molecular complexity index is 549. The molecular formula is C15H24N2O2S. The van der Waals surface area contributed by atoms with Crippen LogP contribution < -0.4 is 10.0 Å². The molecule has 4 nitrogen and oxygen atoms in total. The van der Waals surface area contributed by atoms with E-state index in [2.05, 4.69) is 10.0 Å². The van der Waals surface area contributed by atoms with Crippen LogP contribution in [0.1, 0.15) is 43.7 Å². The third kappa shape index (κ3) is 3.81. The number of benzene rings is 1. The molecule has 1 aromatic carbocycles. The Morgan fingerprint density at radius 1 is 1.25 bits per heavy atom. The van der Waals surface area contributed by atoms with E-state index in [0.29, 0.717) is 11.4 Å². The minimum atomic E-state index is -3.40. The predicted octanol–water partition coefficient (Wildman–Crippen LogP) is 2.33. The molecule has 1 aliphatic rings. The average molecular weight is 296 g/mol. The van der Waals surface area contributed by atoms with Crippen LogP contribution in [0.5, 0.6) is 0 Å². The van der Waals surface area contributed by atoms with Gasteiger partial charge in [-0.05, 0) is 43.5 Å². The summed E-state index contributed by atoms with van der Waals surface area (Å²) in [5.74, 6) is 0. The first-order chi connectivity index (χ1) is 9.53. The molecular weight excluding hydrogens is 272 g/mol. The van der Waals surface area contributed by atoms with E-state index >= 15 is 0 Å². The molecule has 5 heteroatoms. The second-order valence-electron chi connectivity index (χ2n) is 5.48. The minimum Gasteiger partial charge on any atom is -0.313 e. The fourth-order valence-corrected chi connectivity index (χ4v) is 4.24. The monoisotopic (exact) mass is 296 g/mol. The first-order valence-electron chi connectivity index (χ1n) is 7.35. The Hall–Kier alpha value is -0.910. The van der Waals surface area contributed by atoms with Crippen LogP contribution in [0.25, 0.3) is 0 Å². The normalized spacial score (nSPS) is 16.7. The van der Waals surface area contributed by atoms with E-state index in [9.17, 15) is 8.42 Å². The summed E-state index contributed by atoms with van der Waals surface area (Å²) in [5, 5.41) is 3.22. The van der Waals surface area contributed by atoms with Crippen molar-refractivity contribution >= 4 is 10.0 Å². The third-order valence-electron chi connectivity index (χ3n) is 3.80. The van der Waals surface area contributed by atoms with E-state index < -0.39 is 10.0 Å². The van der Waals surface area contributed by atoms with Gasteiger partial charge in [-0.2, -0.15) is 0 Å². The standard InChI is InChI=1S/C15H24N2O2S/c1-3-16-11-13-9-8-12(2)15(10-13)20(18,19)17-14-6-4-5-7-14/h8-10,14,16-17H,3-7,11H2,1-2H3. The molecule has 0 atom stereocenters. The van der Waals surface area contributed by atoms with Crippen molar-refractivity contribution in [1.29, 1.82) is 0 Å². The van der Waals surface area contributed by atoms with Crippen molar-refractivity contribution in [2.45, 2.75) is 57.0 Å². The van der Waals surface area contributed by atoms with E-state index in [-0.39, 0.29) is 6.04 Å². The molecule has 0 bridgehead atoms. The fourth-order valence-electron chi connectivity index (χ4n) is 2.64. The molecule has 1 fully saturated rings. The van der Waals surface area contributed by atoms with Gasteiger partial charge in [0.15, 0.2) is 0 Å². The Morgan fingerprint density at radius 3 is 2.60 bits per heavy atom. The van der Waals surface area contributed by atoms with Crippen molar-refractivity contribution in [3.63, 3.8) is 0 Å². The zero-order chi connectivity index (χ0) is 14.6. The molecule has 112 valence electrons. The van der Waals surface area contributed by atoms with Gasteiger partial charge in [-0.1, -0.05) is 31.9 Å². The Balaban J connectivity index is 2.20. The number of sulfonamides is 1. The van der Waals surface area contributed by atoms with E-state index in [0.717, 1.165) is 43.4 Å². The van der Waals surface area contributed by atoms with Gasteiger partial charge in [0.05, 0.1) is 4.90 Å². The zero-order valence-electron chi connectivity index (χ0n) is 12.3. The smallest absolute Gasteiger partial charge is 0.241 e. The molecule has 1 aliphatic carbocycles. The van der Waals surface area contributed by atoms with E-state index in [4.69, 9.17) is 0 Å². The van der Waals surface area contributed by atoms with Crippen molar-refractivity contribution in [3.8, 4) is 0 Å². The van der Waals surface area contributed by atoms with Gasteiger partial charge >= 0.3 is 0 Å². The Morgan fingerprint density at radius 2 is 1.95 bits per heavy atom. The molecule has 0 amide bonds. The summed E-state index contributed by atoms with van der Waals surface area (Å²) in [4.78, 5) is 0.416. The molecule has 1 saturated carbocycles. The number of hydrogen-bond acceptors (Lipinski definition) is 3. The summed E-state index contributed by atoms with van der Waals surface area (Å²) < 4.78 is 27.9. The summed E-state index contributed by atoms with van der Waals surface area (Å²) >= 11 is 0. The van der Waals surface area contributed by atoms with E-state index in [1.807, 2.05) is 26.0 Å². The highest BCUT2D eigenvalue weighted by molar-refractivity contribution is 7.89. The summed E-state index contributed by atoms with van der Waals surface area (Å²) in [6.07, 6.45) is 4.14. The first-order valence-corrected chi connectivity index (χ1v) is 8.84. The van der Waals surface area contributed by atoms with Gasteiger partial charge < -0.3 is 5.32 Å². The highest BCUT2D eigenvalue weighted by Crippen LogP contribution is 2.22. The summed E-state index contributed by atoms with van der Waals surface area (Å²) in [5.41, 5.74) is 1.81.